The van der Waals surface area contributed by atoms with Crippen LogP contribution in [0.3, 0.4) is 0 Å². The summed E-state index contributed by atoms with van der Waals surface area (Å²) in [5.41, 5.74) is 1.94. The molecule has 0 radical (unpaired) electrons. The minimum absolute atomic E-state index is 0.380. The van der Waals surface area contributed by atoms with Crippen molar-refractivity contribution in [1.82, 2.24) is 4.90 Å². The van der Waals surface area contributed by atoms with Crippen molar-refractivity contribution in [2.45, 2.75) is 89.5 Å². The van der Waals surface area contributed by atoms with Gasteiger partial charge in [-0.1, -0.05) is 92.7 Å². The predicted octanol–water partition coefficient (Wildman–Crippen LogP) is 8.85. The first-order valence-electron chi connectivity index (χ1n) is 13.2. The van der Waals surface area contributed by atoms with Crippen LogP contribution < -0.4 is 0 Å². The van der Waals surface area contributed by atoms with Gasteiger partial charge in [0.25, 0.3) is 0 Å². The Balaban J connectivity index is 1.82. The minimum atomic E-state index is -0.501. The zero-order valence-electron chi connectivity index (χ0n) is 20.9. The SMILES string of the molecule is CCCN(CCc1ccccc1)C(CC)CCC(C#N)(c1ccc(Cl)c(Cl)c1)C1CCCCC1. The fourth-order valence-electron chi connectivity index (χ4n) is 5.89. The van der Waals surface area contributed by atoms with Crippen LogP contribution in [0.15, 0.2) is 48.5 Å². The summed E-state index contributed by atoms with van der Waals surface area (Å²) in [5, 5.41) is 11.8. The van der Waals surface area contributed by atoms with Gasteiger partial charge in [0.15, 0.2) is 0 Å². The average Bonchev–Trinajstić information content (AvgIpc) is 2.88. The van der Waals surface area contributed by atoms with Gasteiger partial charge >= 0.3 is 0 Å². The van der Waals surface area contributed by atoms with Crippen LogP contribution in [-0.2, 0) is 11.8 Å². The van der Waals surface area contributed by atoms with Crippen LogP contribution in [0.5, 0.6) is 0 Å². The highest BCUT2D eigenvalue weighted by Gasteiger charge is 2.42. The second-order valence-electron chi connectivity index (χ2n) is 9.92. The van der Waals surface area contributed by atoms with Crippen molar-refractivity contribution in [2.75, 3.05) is 13.1 Å². The normalized spacial score (nSPS) is 17.3. The molecule has 0 bridgehead atoms. The molecular weight excluding hydrogens is 459 g/mol. The maximum absolute atomic E-state index is 10.7. The van der Waals surface area contributed by atoms with Gasteiger partial charge in [0.1, 0.15) is 0 Å². The third-order valence-corrected chi connectivity index (χ3v) is 8.58. The summed E-state index contributed by atoms with van der Waals surface area (Å²) in [6.45, 7) is 6.72. The highest BCUT2D eigenvalue weighted by atomic mass is 35.5. The Labute approximate surface area is 217 Å². The van der Waals surface area contributed by atoms with E-state index in [4.69, 9.17) is 23.2 Å². The molecule has 0 aromatic heterocycles. The minimum Gasteiger partial charge on any atom is -0.300 e. The third-order valence-electron chi connectivity index (χ3n) is 7.84. The lowest BCUT2D eigenvalue weighted by Gasteiger charge is -2.40. The van der Waals surface area contributed by atoms with E-state index in [0.717, 1.165) is 63.6 Å². The molecule has 4 heteroatoms. The van der Waals surface area contributed by atoms with E-state index < -0.39 is 5.41 Å². The molecule has 0 N–H and O–H groups in total. The summed E-state index contributed by atoms with van der Waals surface area (Å²) >= 11 is 12.7. The number of hydrogen-bond donors (Lipinski definition) is 0. The second-order valence-corrected chi connectivity index (χ2v) is 10.7. The molecule has 2 aromatic rings. The van der Waals surface area contributed by atoms with Gasteiger partial charge in [-0.2, -0.15) is 5.26 Å². The van der Waals surface area contributed by atoms with Crippen molar-refractivity contribution in [3.05, 3.63) is 69.7 Å². The van der Waals surface area contributed by atoms with Gasteiger partial charge in [-0.3, -0.25) is 0 Å². The van der Waals surface area contributed by atoms with Gasteiger partial charge in [0.05, 0.1) is 21.5 Å². The summed E-state index contributed by atoms with van der Waals surface area (Å²) < 4.78 is 0. The summed E-state index contributed by atoms with van der Waals surface area (Å²) in [6, 6.07) is 20.0. The lowest BCUT2D eigenvalue weighted by Crippen LogP contribution is -2.41. The molecule has 0 saturated heterocycles. The molecule has 0 spiro atoms. The fourth-order valence-corrected chi connectivity index (χ4v) is 6.18. The predicted molar refractivity (Wildman–Crippen MR) is 146 cm³/mol. The third kappa shape index (κ3) is 6.78. The average molecular weight is 500 g/mol. The topological polar surface area (TPSA) is 27.0 Å². The summed E-state index contributed by atoms with van der Waals surface area (Å²) in [5.74, 6) is 0.380. The van der Waals surface area contributed by atoms with Crippen molar-refractivity contribution in [2.24, 2.45) is 5.92 Å². The molecule has 0 aliphatic heterocycles. The zero-order chi connectivity index (χ0) is 24.4. The molecule has 1 aliphatic carbocycles. The molecular formula is C30H40Cl2N2. The Morgan fingerprint density at radius 3 is 2.35 bits per heavy atom. The molecule has 184 valence electrons. The van der Waals surface area contributed by atoms with Gasteiger partial charge in [0, 0.05) is 12.6 Å². The first kappa shape index (κ1) is 27.1. The summed E-state index contributed by atoms with van der Waals surface area (Å²) in [4.78, 5) is 2.66. The Morgan fingerprint density at radius 2 is 1.74 bits per heavy atom. The van der Waals surface area contributed by atoms with E-state index in [-0.39, 0.29) is 0 Å². The number of nitriles is 1. The second kappa shape index (κ2) is 13.5. The molecule has 0 amide bonds. The first-order valence-corrected chi connectivity index (χ1v) is 13.9. The Hall–Kier alpha value is -1.53. The maximum Gasteiger partial charge on any atom is 0.0851 e. The standard InChI is InChI=1S/C30H40Cl2N2/c1-3-20-34(21-18-24-11-7-5-8-12-24)27(4-2)17-19-30(23-33,25-13-9-6-10-14-25)26-15-16-28(31)29(32)22-26/h5,7-8,11-12,15-16,22,25,27H,3-4,6,9-10,13-14,17-21H2,1-2H3. The maximum atomic E-state index is 10.7. The van der Waals surface area contributed by atoms with Gasteiger partial charge in [0.2, 0.25) is 0 Å². The van der Waals surface area contributed by atoms with Gasteiger partial charge in [-0.25, -0.2) is 0 Å². The number of hydrogen-bond acceptors (Lipinski definition) is 2. The van der Waals surface area contributed by atoms with Gasteiger partial charge in [-0.05, 0) is 80.7 Å². The van der Waals surface area contributed by atoms with Gasteiger partial charge < -0.3 is 4.90 Å². The molecule has 34 heavy (non-hydrogen) atoms. The quantitative estimate of drug-likeness (QED) is 0.292. The molecule has 1 fully saturated rings. The highest BCUT2D eigenvalue weighted by Crippen LogP contribution is 2.45. The highest BCUT2D eigenvalue weighted by molar-refractivity contribution is 6.42. The molecule has 2 aromatic carbocycles. The van der Waals surface area contributed by atoms with Crippen molar-refractivity contribution in [3.8, 4) is 6.07 Å². The monoisotopic (exact) mass is 498 g/mol. The van der Waals surface area contributed by atoms with Crippen molar-refractivity contribution in [1.29, 1.82) is 5.26 Å². The summed E-state index contributed by atoms with van der Waals surface area (Å²) in [6.07, 6.45) is 11.2. The van der Waals surface area contributed by atoms with E-state index in [1.54, 1.807) is 0 Å². The van der Waals surface area contributed by atoms with Crippen LogP contribution in [0.2, 0.25) is 10.0 Å². The van der Waals surface area contributed by atoms with Crippen LogP contribution in [0.1, 0.15) is 82.8 Å². The zero-order valence-corrected chi connectivity index (χ0v) is 22.4. The Bertz CT molecular complexity index is 917. The smallest absolute Gasteiger partial charge is 0.0851 e. The Kier molecular flexibility index (Phi) is 10.8. The molecule has 2 unspecified atom stereocenters. The number of nitrogens with zero attached hydrogens (tertiary/aromatic N) is 2. The molecule has 1 saturated carbocycles. The summed E-state index contributed by atoms with van der Waals surface area (Å²) in [7, 11) is 0. The molecule has 1 aliphatic rings. The first-order chi connectivity index (χ1) is 16.5. The fraction of sp³-hybridized carbons (Fsp3) is 0.567. The largest absolute Gasteiger partial charge is 0.300 e. The van der Waals surface area contributed by atoms with Crippen LogP contribution in [0, 0.1) is 17.2 Å². The van der Waals surface area contributed by atoms with Crippen LogP contribution in [-0.4, -0.2) is 24.0 Å². The molecule has 3 rings (SSSR count). The van der Waals surface area contributed by atoms with Gasteiger partial charge in [-0.15, -0.1) is 0 Å². The van der Waals surface area contributed by atoms with E-state index in [1.165, 1.54) is 24.8 Å². The van der Waals surface area contributed by atoms with Crippen LogP contribution in [0.25, 0.3) is 0 Å². The number of halogens is 2. The number of benzene rings is 2. The van der Waals surface area contributed by atoms with E-state index in [1.807, 2.05) is 18.2 Å². The van der Waals surface area contributed by atoms with E-state index in [0.29, 0.717) is 22.0 Å². The lowest BCUT2D eigenvalue weighted by atomic mass is 9.63. The lowest BCUT2D eigenvalue weighted by molar-refractivity contribution is 0.159. The molecule has 2 atom stereocenters. The van der Waals surface area contributed by atoms with E-state index in [9.17, 15) is 5.26 Å². The van der Waals surface area contributed by atoms with Crippen molar-refractivity contribution >= 4 is 23.2 Å². The molecule has 2 nitrogen and oxygen atoms in total. The van der Waals surface area contributed by atoms with Crippen LogP contribution in [0.4, 0.5) is 0 Å². The van der Waals surface area contributed by atoms with E-state index in [2.05, 4.69) is 55.1 Å². The van der Waals surface area contributed by atoms with Crippen molar-refractivity contribution in [3.63, 3.8) is 0 Å². The van der Waals surface area contributed by atoms with E-state index >= 15 is 0 Å². The van der Waals surface area contributed by atoms with Crippen LogP contribution >= 0.6 is 23.2 Å². The number of rotatable bonds is 12. The van der Waals surface area contributed by atoms with Crippen molar-refractivity contribution < 1.29 is 0 Å². The Morgan fingerprint density at radius 1 is 1.00 bits per heavy atom. The molecule has 0 heterocycles.